The minimum Gasteiger partial charge on any atom is -0.312 e. The lowest BCUT2D eigenvalue weighted by molar-refractivity contribution is 0.117. The average Bonchev–Trinajstić information content (AvgIpc) is 2.83. The van der Waals surface area contributed by atoms with Crippen LogP contribution in [0.2, 0.25) is 0 Å². The van der Waals surface area contributed by atoms with Gasteiger partial charge in [-0.25, -0.2) is 0 Å². The van der Waals surface area contributed by atoms with E-state index in [2.05, 4.69) is 37.9 Å². The number of hydrogen-bond acceptors (Lipinski definition) is 2. The van der Waals surface area contributed by atoms with Crippen molar-refractivity contribution in [2.45, 2.75) is 77.9 Å². The molecule has 1 aliphatic carbocycles. The van der Waals surface area contributed by atoms with E-state index in [9.17, 15) is 0 Å². The predicted octanol–water partition coefficient (Wildman–Crippen LogP) is 3.03. The van der Waals surface area contributed by atoms with Crippen molar-refractivity contribution in [1.82, 2.24) is 10.2 Å². The van der Waals surface area contributed by atoms with E-state index in [1.54, 1.807) is 0 Å². The van der Waals surface area contributed by atoms with E-state index < -0.39 is 0 Å². The molecule has 1 heterocycles. The molecule has 0 amide bonds. The second kappa shape index (κ2) is 5.27. The number of nitrogens with one attached hydrogen (secondary N) is 1. The molecule has 100 valence electrons. The molecule has 0 aromatic heterocycles. The first-order chi connectivity index (χ1) is 8.00. The van der Waals surface area contributed by atoms with Crippen LogP contribution in [0.3, 0.4) is 0 Å². The van der Waals surface area contributed by atoms with E-state index >= 15 is 0 Å². The highest BCUT2D eigenvalue weighted by molar-refractivity contribution is 4.94. The fourth-order valence-electron chi connectivity index (χ4n) is 3.56. The zero-order valence-electron chi connectivity index (χ0n) is 12.1. The summed E-state index contributed by atoms with van der Waals surface area (Å²) in [7, 11) is 0. The molecule has 0 radical (unpaired) electrons. The Morgan fingerprint density at radius 1 is 1.24 bits per heavy atom. The van der Waals surface area contributed by atoms with Crippen molar-refractivity contribution in [3.05, 3.63) is 0 Å². The Balaban J connectivity index is 1.97. The smallest absolute Gasteiger partial charge is 0.0246 e. The summed E-state index contributed by atoms with van der Waals surface area (Å²) in [6.07, 6.45) is 7.05. The lowest BCUT2D eigenvalue weighted by atomic mass is 9.84. The van der Waals surface area contributed by atoms with E-state index in [-0.39, 0.29) is 0 Å². The zero-order chi connectivity index (χ0) is 12.5. The van der Waals surface area contributed by atoms with Crippen LogP contribution >= 0.6 is 0 Å². The summed E-state index contributed by atoms with van der Waals surface area (Å²) in [5.74, 6) is 0. The summed E-state index contributed by atoms with van der Waals surface area (Å²) in [6, 6.07) is 2.23. The molecule has 1 saturated carbocycles. The summed E-state index contributed by atoms with van der Waals surface area (Å²) < 4.78 is 0. The highest BCUT2D eigenvalue weighted by Crippen LogP contribution is 2.32. The van der Waals surface area contributed by atoms with Gasteiger partial charge in [0, 0.05) is 24.7 Å². The van der Waals surface area contributed by atoms with Crippen molar-refractivity contribution in [2.24, 2.45) is 5.41 Å². The molecule has 2 rings (SSSR count). The maximum Gasteiger partial charge on any atom is 0.0246 e. The highest BCUT2D eigenvalue weighted by atomic mass is 15.2. The van der Waals surface area contributed by atoms with Gasteiger partial charge in [-0.15, -0.1) is 0 Å². The van der Waals surface area contributed by atoms with E-state index in [1.807, 2.05) is 0 Å². The van der Waals surface area contributed by atoms with Gasteiger partial charge in [0.05, 0.1) is 0 Å². The van der Waals surface area contributed by atoms with Crippen LogP contribution in [-0.4, -0.2) is 36.1 Å². The van der Waals surface area contributed by atoms with E-state index in [1.165, 1.54) is 45.2 Å². The van der Waals surface area contributed by atoms with Gasteiger partial charge in [0.25, 0.3) is 0 Å². The fourth-order valence-corrected chi connectivity index (χ4v) is 3.56. The summed E-state index contributed by atoms with van der Waals surface area (Å²) in [5.41, 5.74) is 0.478. The van der Waals surface area contributed by atoms with Gasteiger partial charge in [-0.3, -0.25) is 4.90 Å². The molecule has 1 aliphatic heterocycles. The molecular formula is C15H30N2. The Morgan fingerprint density at radius 2 is 1.88 bits per heavy atom. The molecule has 2 fully saturated rings. The van der Waals surface area contributed by atoms with Crippen molar-refractivity contribution in [1.29, 1.82) is 0 Å². The Kier molecular flexibility index (Phi) is 4.14. The fraction of sp³-hybridized carbons (Fsp3) is 1.00. The molecule has 0 spiro atoms. The standard InChI is InChI=1S/C15H30N2/c1-12(2)17(13-7-5-6-8-13)11-14-15(3,4)9-10-16-14/h12-14,16H,5-11H2,1-4H3. The number of hydrogen-bond donors (Lipinski definition) is 1. The lowest BCUT2D eigenvalue weighted by Crippen LogP contribution is -2.49. The maximum absolute atomic E-state index is 3.71. The van der Waals surface area contributed by atoms with Gasteiger partial charge in [0.2, 0.25) is 0 Å². The summed E-state index contributed by atoms with van der Waals surface area (Å²) >= 11 is 0. The minimum atomic E-state index is 0.478. The normalized spacial score (nSPS) is 29.6. The molecule has 2 aliphatic rings. The molecular weight excluding hydrogens is 208 g/mol. The van der Waals surface area contributed by atoms with Gasteiger partial charge in [0.15, 0.2) is 0 Å². The first-order valence-electron chi connectivity index (χ1n) is 7.50. The molecule has 0 aromatic carbocycles. The van der Waals surface area contributed by atoms with Crippen molar-refractivity contribution < 1.29 is 0 Å². The van der Waals surface area contributed by atoms with Gasteiger partial charge in [0.1, 0.15) is 0 Å². The molecule has 1 unspecified atom stereocenters. The van der Waals surface area contributed by atoms with Gasteiger partial charge >= 0.3 is 0 Å². The monoisotopic (exact) mass is 238 g/mol. The number of rotatable bonds is 4. The first-order valence-corrected chi connectivity index (χ1v) is 7.50. The Labute approximate surface area is 107 Å². The number of nitrogens with zero attached hydrogens (tertiary/aromatic N) is 1. The molecule has 2 heteroatoms. The van der Waals surface area contributed by atoms with Crippen molar-refractivity contribution in [3.8, 4) is 0 Å². The topological polar surface area (TPSA) is 15.3 Å². The van der Waals surface area contributed by atoms with Crippen LogP contribution in [0.5, 0.6) is 0 Å². The third-order valence-electron chi connectivity index (χ3n) is 4.95. The van der Waals surface area contributed by atoms with Crippen LogP contribution in [-0.2, 0) is 0 Å². The van der Waals surface area contributed by atoms with Crippen molar-refractivity contribution in [2.75, 3.05) is 13.1 Å². The minimum absolute atomic E-state index is 0.478. The zero-order valence-corrected chi connectivity index (χ0v) is 12.1. The summed E-state index contributed by atoms with van der Waals surface area (Å²) in [4.78, 5) is 2.76. The SMILES string of the molecule is CC(C)N(CC1NCCC1(C)C)C1CCCC1. The molecule has 0 aromatic rings. The molecule has 2 nitrogen and oxygen atoms in total. The highest BCUT2D eigenvalue weighted by Gasteiger charge is 2.37. The van der Waals surface area contributed by atoms with Gasteiger partial charge in [-0.1, -0.05) is 26.7 Å². The lowest BCUT2D eigenvalue weighted by Gasteiger charge is -2.38. The van der Waals surface area contributed by atoms with Gasteiger partial charge in [-0.05, 0) is 45.1 Å². The van der Waals surface area contributed by atoms with Crippen LogP contribution in [0.15, 0.2) is 0 Å². The third-order valence-corrected chi connectivity index (χ3v) is 4.95. The van der Waals surface area contributed by atoms with Gasteiger partial charge in [-0.2, -0.15) is 0 Å². The predicted molar refractivity (Wildman–Crippen MR) is 74.3 cm³/mol. The largest absolute Gasteiger partial charge is 0.312 e. The van der Waals surface area contributed by atoms with Crippen molar-refractivity contribution in [3.63, 3.8) is 0 Å². The Bertz CT molecular complexity index is 241. The van der Waals surface area contributed by atoms with Gasteiger partial charge < -0.3 is 5.32 Å². The van der Waals surface area contributed by atoms with Crippen molar-refractivity contribution >= 4 is 0 Å². The molecule has 0 bridgehead atoms. The quantitative estimate of drug-likeness (QED) is 0.810. The van der Waals surface area contributed by atoms with Crippen LogP contribution in [0.1, 0.15) is 59.8 Å². The molecule has 1 saturated heterocycles. The van der Waals surface area contributed by atoms with E-state index in [0.717, 1.165) is 6.04 Å². The first kappa shape index (κ1) is 13.4. The Hall–Kier alpha value is -0.0800. The maximum atomic E-state index is 3.71. The van der Waals surface area contributed by atoms with Crippen LogP contribution in [0, 0.1) is 5.41 Å². The van der Waals surface area contributed by atoms with Crippen LogP contribution in [0.4, 0.5) is 0 Å². The van der Waals surface area contributed by atoms with Crippen LogP contribution < -0.4 is 5.32 Å². The second-order valence-corrected chi connectivity index (χ2v) is 6.97. The third kappa shape index (κ3) is 3.03. The van der Waals surface area contributed by atoms with E-state index in [4.69, 9.17) is 0 Å². The molecule has 1 N–H and O–H groups in total. The summed E-state index contributed by atoms with van der Waals surface area (Å²) in [6.45, 7) is 12.0. The molecule has 1 atom stereocenters. The van der Waals surface area contributed by atoms with E-state index in [0.29, 0.717) is 17.5 Å². The molecule has 17 heavy (non-hydrogen) atoms. The van der Waals surface area contributed by atoms with Crippen LogP contribution in [0.25, 0.3) is 0 Å². The second-order valence-electron chi connectivity index (χ2n) is 6.97. The average molecular weight is 238 g/mol. The Morgan fingerprint density at radius 3 is 2.35 bits per heavy atom. The summed E-state index contributed by atoms with van der Waals surface area (Å²) in [5, 5.41) is 3.71.